The molecule has 0 spiro atoms. The van der Waals surface area contributed by atoms with E-state index in [0.29, 0.717) is 17.1 Å². The number of hydrogen-bond acceptors (Lipinski definition) is 12. The summed E-state index contributed by atoms with van der Waals surface area (Å²) in [5.74, 6) is 0.739. The van der Waals surface area contributed by atoms with Gasteiger partial charge in [0, 0.05) is 17.4 Å². The van der Waals surface area contributed by atoms with Crippen molar-refractivity contribution in [2.24, 2.45) is 0 Å². The molecule has 202 valence electrons. The Bertz CT molecular complexity index is 1590. The number of aryl methyl sites for hydroxylation is 1. The number of methoxy groups -OCH3 is 1. The van der Waals surface area contributed by atoms with E-state index < -0.39 is 26.7 Å². The van der Waals surface area contributed by atoms with Gasteiger partial charge in [-0.2, -0.15) is 0 Å². The topological polar surface area (TPSA) is 226 Å². The summed E-state index contributed by atoms with van der Waals surface area (Å²) in [7, 11) is -6.13. The van der Waals surface area contributed by atoms with Crippen LogP contribution in [-0.2, 0) is 26.7 Å². The lowest BCUT2D eigenvalue weighted by Crippen LogP contribution is -2.16. The highest BCUT2D eigenvalue weighted by molar-refractivity contribution is 7.93. The van der Waals surface area contributed by atoms with Gasteiger partial charge in [0.2, 0.25) is 5.88 Å². The number of nitrogens with one attached hydrogen (secondary N) is 2. The molecule has 0 fully saturated rings. The zero-order valence-electron chi connectivity index (χ0n) is 20.2. The molecule has 4 rings (SSSR count). The largest absolute Gasteiger partial charge is 0.481 e. The Hall–Kier alpha value is -4.41. The Labute approximate surface area is 218 Å². The fourth-order valence-electron chi connectivity index (χ4n) is 2.89. The van der Waals surface area contributed by atoms with Gasteiger partial charge >= 0.3 is 0 Å². The number of anilines is 4. The van der Waals surface area contributed by atoms with Crippen LogP contribution in [0.4, 0.5) is 23.0 Å². The average molecular weight is 564 g/mol. The van der Waals surface area contributed by atoms with Crippen LogP contribution in [-0.4, -0.2) is 44.2 Å². The number of aliphatic hydroxyl groups excluding tert-OH is 1. The first-order valence-electron chi connectivity index (χ1n) is 10.6. The van der Waals surface area contributed by atoms with Gasteiger partial charge in [-0.15, -0.1) is 0 Å². The zero-order chi connectivity index (χ0) is 27.9. The predicted molar refractivity (Wildman–Crippen MR) is 139 cm³/mol. The summed E-state index contributed by atoms with van der Waals surface area (Å²) in [5, 5.41) is 12.9. The summed E-state index contributed by atoms with van der Waals surface area (Å²) in [5.41, 5.74) is 12.1. The zero-order valence-corrected chi connectivity index (χ0v) is 21.8. The second-order valence-corrected chi connectivity index (χ2v) is 10.9. The van der Waals surface area contributed by atoms with Crippen molar-refractivity contribution in [3.63, 3.8) is 0 Å². The van der Waals surface area contributed by atoms with E-state index in [1.165, 1.54) is 61.7 Å². The lowest BCUT2D eigenvalue weighted by atomic mass is 10.3. The molecular weight excluding hydrogens is 538 g/mol. The molecule has 0 aliphatic carbocycles. The fraction of sp³-hybridized carbons (Fsp3) is 0.136. The standard InChI is InChI=1S/C12H14N4O4S.C10H11N3O3S/c1-20-12-10(6-17)11(14-7-15-12)16-21(18,19)9-4-2-8(13)3-5-9;1-7-6-10(12-16-7)13-17(14,15)9-4-2-8(11)3-5-9/h2-5,7,17H,6,13H2,1H3,(H,14,15,16);2-6H,11H2,1H3,(H,12,13). The Morgan fingerprint density at radius 2 is 1.42 bits per heavy atom. The third-order valence-corrected chi connectivity index (χ3v) is 7.46. The number of aliphatic hydroxyl groups is 1. The molecule has 0 saturated heterocycles. The van der Waals surface area contributed by atoms with E-state index in [1.807, 2.05) is 0 Å². The summed E-state index contributed by atoms with van der Waals surface area (Å²) in [6, 6.07) is 13.1. The molecule has 0 aliphatic rings. The maximum Gasteiger partial charge on any atom is 0.263 e. The molecule has 2 heterocycles. The highest BCUT2D eigenvalue weighted by atomic mass is 32.2. The minimum atomic E-state index is -3.85. The van der Waals surface area contributed by atoms with E-state index in [-0.39, 0.29) is 32.9 Å². The summed E-state index contributed by atoms with van der Waals surface area (Å²) in [4.78, 5) is 7.76. The summed E-state index contributed by atoms with van der Waals surface area (Å²) < 4.78 is 62.6. The molecule has 0 saturated carbocycles. The summed E-state index contributed by atoms with van der Waals surface area (Å²) >= 11 is 0. The van der Waals surface area contributed by atoms with Crippen molar-refractivity contribution in [1.29, 1.82) is 0 Å². The molecule has 38 heavy (non-hydrogen) atoms. The van der Waals surface area contributed by atoms with Crippen LogP contribution in [0.25, 0.3) is 0 Å². The quantitative estimate of drug-likeness (QED) is 0.193. The van der Waals surface area contributed by atoms with Crippen LogP contribution in [0, 0.1) is 6.92 Å². The van der Waals surface area contributed by atoms with Gasteiger partial charge in [-0.05, 0) is 55.5 Å². The SMILES string of the molecule is COc1ncnc(NS(=O)(=O)c2ccc(N)cc2)c1CO.Cc1cc(NS(=O)(=O)c2ccc(N)cc2)no1. The third kappa shape index (κ3) is 7.09. The highest BCUT2D eigenvalue weighted by Gasteiger charge is 2.19. The van der Waals surface area contributed by atoms with E-state index in [2.05, 4.69) is 24.6 Å². The molecular formula is C22H25N7O7S2. The second kappa shape index (κ2) is 11.8. The Kier molecular flexibility index (Phi) is 8.72. The van der Waals surface area contributed by atoms with Crippen LogP contribution in [0.15, 0.2) is 75.2 Å². The Balaban J connectivity index is 0.000000215. The van der Waals surface area contributed by atoms with Gasteiger partial charge in [-0.1, -0.05) is 5.16 Å². The van der Waals surface area contributed by atoms with Gasteiger partial charge in [-0.3, -0.25) is 9.44 Å². The van der Waals surface area contributed by atoms with Crippen LogP contribution in [0.3, 0.4) is 0 Å². The summed E-state index contributed by atoms with van der Waals surface area (Å²) in [6.07, 6.45) is 1.14. The van der Waals surface area contributed by atoms with Crippen molar-refractivity contribution in [3.8, 4) is 5.88 Å². The van der Waals surface area contributed by atoms with E-state index in [9.17, 15) is 21.9 Å². The third-order valence-electron chi connectivity index (χ3n) is 4.74. The smallest absolute Gasteiger partial charge is 0.263 e. The number of nitrogens with two attached hydrogens (primary N) is 2. The first kappa shape index (κ1) is 28.2. The van der Waals surface area contributed by atoms with Gasteiger partial charge in [0.05, 0.1) is 29.1 Å². The molecule has 0 amide bonds. The van der Waals surface area contributed by atoms with Crippen LogP contribution in [0.1, 0.15) is 11.3 Å². The number of nitrogen functional groups attached to an aromatic ring is 2. The van der Waals surface area contributed by atoms with Crippen molar-refractivity contribution in [1.82, 2.24) is 15.1 Å². The van der Waals surface area contributed by atoms with Gasteiger partial charge in [0.25, 0.3) is 20.0 Å². The van der Waals surface area contributed by atoms with Crippen LogP contribution in [0.2, 0.25) is 0 Å². The van der Waals surface area contributed by atoms with Crippen LogP contribution < -0.4 is 25.6 Å². The molecule has 14 nitrogen and oxygen atoms in total. The van der Waals surface area contributed by atoms with Gasteiger partial charge < -0.3 is 25.8 Å². The van der Waals surface area contributed by atoms with Crippen molar-refractivity contribution in [3.05, 3.63) is 72.2 Å². The number of ether oxygens (including phenoxy) is 1. The first-order valence-corrected chi connectivity index (χ1v) is 13.6. The number of hydrogen-bond donors (Lipinski definition) is 5. The van der Waals surface area contributed by atoms with Crippen LogP contribution in [0.5, 0.6) is 5.88 Å². The van der Waals surface area contributed by atoms with E-state index >= 15 is 0 Å². The minimum Gasteiger partial charge on any atom is -0.481 e. The van der Waals surface area contributed by atoms with Crippen molar-refractivity contribution >= 4 is 43.1 Å². The maximum absolute atomic E-state index is 12.2. The molecule has 0 radical (unpaired) electrons. The van der Waals surface area contributed by atoms with E-state index in [1.54, 1.807) is 6.92 Å². The fourth-order valence-corrected chi connectivity index (χ4v) is 4.92. The molecule has 4 aromatic rings. The van der Waals surface area contributed by atoms with Gasteiger partial charge in [0.1, 0.15) is 12.1 Å². The Morgan fingerprint density at radius 3 is 1.87 bits per heavy atom. The summed E-state index contributed by atoms with van der Waals surface area (Å²) in [6.45, 7) is 1.21. The van der Waals surface area contributed by atoms with Crippen LogP contribution >= 0.6 is 0 Å². The maximum atomic E-state index is 12.2. The van der Waals surface area contributed by atoms with E-state index in [0.717, 1.165) is 6.33 Å². The predicted octanol–water partition coefficient (Wildman–Crippen LogP) is 1.73. The molecule has 0 bridgehead atoms. The number of nitrogens with zero attached hydrogens (tertiary/aromatic N) is 3. The number of sulfonamides is 2. The average Bonchev–Trinajstić information content (AvgIpc) is 3.28. The minimum absolute atomic E-state index is 0.0261. The molecule has 7 N–H and O–H groups in total. The highest BCUT2D eigenvalue weighted by Crippen LogP contribution is 2.24. The molecule has 0 aliphatic heterocycles. The lowest BCUT2D eigenvalue weighted by molar-refractivity contribution is 0.271. The van der Waals surface area contributed by atoms with Crippen molar-refractivity contribution in [2.45, 2.75) is 23.3 Å². The normalized spacial score (nSPS) is 11.2. The van der Waals surface area contributed by atoms with Gasteiger partial charge in [-0.25, -0.2) is 26.8 Å². The number of aromatic nitrogens is 3. The number of rotatable bonds is 8. The Morgan fingerprint density at radius 1 is 0.895 bits per heavy atom. The van der Waals surface area contributed by atoms with Crippen molar-refractivity contribution in [2.75, 3.05) is 28.0 Å². The molecule has 16 heteroatoms. The molecule has 2 aromatic carbocycles. The first-order chi connectivity index (χ1) is 17.9. The van der Waals surface area contributed by atoms with Gasteiger partial charge in [0.15, 0.2) is 11.6 Å². The molecule has 2 aromatic heterocycles. The second-order valence-electron chi connectivity index (χ2n) is 7.54. The number of benzene rings is 2. The van der Waals surface area contributed by atoms with Crippen molar-refractivity contribution < 1.29 is 31.2 Å². The molecule has 0 atom stereocenters. The van der Waals surface area contributed by atoms with E-state index in [4.69, 9.17) is 20.7 Å². The lowest BCUT2D eigenvalue weighted by Gasteiger charge is -2.12. The molecule has 0 unspecified atom stereocenters. The monoisotopic (exact) mass is 563 g/mol.